The number of rotatable bonds is 11. The molecule has 0 spiro atoms. The van der Waals surface area contributed by atoms with E-state index in [-0.39, 0.29) is 51.7 Å². The second kappa shape index (κ2) is 19.6. The van der Waals surface area contributed by atoms with E-state index < -0.39 is 32.8 Å². The van der Waals surface area contributed by atoms with E-state index in [1.807, 2.05) is 65.3 Å². The summed E-state index contributed by atoms with van der Waals surface area (Å²) in [6, 6.07) is 17.9. The van der Waals surface area contributed by atoms with E-state index in [1.165, 1.54) is 24.0 Å². The first-order chi connectivity index (χ1) is 29.5. The van der Waals surface area contributed by atoms with E-state index in [4.69, 9.17) is 14.2 Å². The quantitative estimate of drug-likeness (QED) is 0.0756. The predicted octanol–water partition coefficient (Wildman–Crippen LogP) is 7.23. The van der Waals surface area contributed by atoms with Crippen molar-refractivity contribution in [1.82, 2.24) is 24.6 Å². The van der Waals surface area contributed by atoms with Crippen LogP contribution in [0.15, 0.2) is 65.8 Å². The number of carbonyl (C=O) groups is 1. The number of aryl methyl sites for hydroxylation is 1. The molecule has 4 heterocycles. The number of amides is 1. The number of nitrogens with zero attached hydrogens (tertiary/aromatic N) is 7. The van der Waals surface area contributed by atoms with Crippen LogP contribution in [0.2, 0.25) is 0 Å². The summed E-state index contributed by atoms with van der Waals surface area (Å²) in [6.07, 6.45) is -4.61. The Hall–Kier alpha value is -6.26. The van der Waals surface area contributed by atoms with Crippen molar-refractivity contribution in [3.05, 3.63) is 117 Å². The number of carbonyl (C=O) groups excluding carboxylic acids is 1. The van der Waals surface area contributed by atoms with Crippen LogP contribution in [0.25, 0.3) is 0 Å². The van der Waals surface area contributed by atoms with Gasteiger partial charge in [-0.3, -0.25) is 18.9 Å². The van der Waals surface area contributed by atoms with Crippen LogP contribution in [0.1, 0.15) is 80.3 Å². The Morgan fingerprint density at radius 1 is 0.953 bits per heavy atom. The molecule has 19 heteroatoms. The molecule has 0 aliphatic carbocycles. The first-order valence-corrected chi connectivity index (χ1v) is 21.8. The average molecular weight is 912 g/mol. The molecule has 2 aliphatic heterocycles. The highest BCUT2D eigenvalue weighted by Crippen LogP contribution is 2.44. The van der Waals surface area contributed by atoms with Crippen molar-refractivity contribution >= 4 is 27.2 Å². The van der Waals surface area contributed by atoms with Crippen molar-refractivity contribution in [3.8, 4) is 23.3 Å². The van der Waals surface area contributed by atoms with Crippen LogP contribution >= 0.6 is 0 Å². The number of methoxy groups -OCH3 is 2. The number of benzene rings is 3. The van der Waals surface area contributed by atoms with Crippen molar-refractivity contribution in [3.63, 3.8) is 0 Å². The van der Waals surface area contributed by atoms with E-state index in [9.17, 15) is 13.2 Å². The lowest BCUT2D eigenvalue weighted by Gasteiger charge is -2.33. The monoisotopic (exact) mass is 911 g/mol. The minimum Gasteiger partial charge on any atom is -0.497 e. The molecular formula is C45H50F5N7O6S. The zero-order valence-electron chi connectivity index (χ0n) is 36.4. The molecule has 1 amide bonds. The molecular weight excluding hydrogens is 862 g/mol. The second-order valence-corrected chi connectivity index (χ2v) is 17.4. The molecule has 0 saturated heterocycles. The summed E-state index contributed by atoms with van der Waals surface area (Å²) in [4.78, 5) is 27.3. The minimum absolute atomic E-state index is 0. The van der Waals surface area contributed by atoms with E-state index >= 15 is 13.2 Å². The van der Waals surface area contributed by atoms with Crippen molar-refractivity contribution in [1.29, 1.82) is 0 Å². The molecule has 3 aromatic carbocycles. The zero-order valence-corrected chi connectivity index (χ0v) is 37.3. The summed E-state index contributed by atoms with van der Waals surface area (Å²) in [7, 11) is 2.46. The van der Waals surface area contributed by atoms with E-state index in [0.29, 0.717) is 72.4 Å². The number of aromatic nitrogens is 4. The number of anilines is 2. The third-order valence-corrected chi connectivity index (χ3v) is 11.9. The molecule has 13 nitrogen and oxygen atoms in total. The summed E-state index contributed by atoms with van der Waals surface area (Å²) in [5.74, 6) is 6.78. The molecule has 1 unspecified atom stereocenters. The maximum absolute atomic E-state index is 15.4. The fraction of sp³-hybridized carbons (Fsp3) is 0.378. The number of sulfone groups is 1. The summed E-state index contributed by atoms with van der Waals surface area (Å²) in [5.41, 5.74) is 3.45. The van der Waals surface area contributed by atoms with Crippen molar-refractivity contribution in [2.75, 3.05) is 50.9 Å². The maximum atomic E-state index is 15.4. The van der Waals surface area contributed by atoms with Crippen LogP contribution in [0.3, 0.4) is 0 Å². The van der Waals surface area contributed by atoms with Crippen LogP contribution in [0.5, 0.6) is 11.5 Å². The first kappa shape index (κ1) is 48.8. The third-order valence-electron chi connectivity index (χ3n) is 11.0. The molecule has 342 valence electrons. The highest BCUT2D eigenvalue weighted by Gasteiger charge is 2.41. The number of hydrogen-bond donors (Lipinski definition) is 0. The molecule has 0 bridgehead atoms. The molecule has 2 aromatic heterocycles. The largest absolute Gasteiger partial charge is 0.497 e. The summed E-state index contributed by atoms with van der Waals surface area (Å²) >= 11 is 0. The SMILES string of the molecule is CC#Cc1cc(N(Cc2ccc(OC)cc2)Cc2ccc(OC)cc2)cc(C2Cc3nc(S(C)(=O)=O)nc(N4CCCn5nc(C(=O)N(C)C)c(C)c5C4)c3CO2)c1C(F)(F)F.F.F. The van der Waals surface area contributed by atoms with Crippen LogP contribution in [0.4, 0.5) is 34.1 Å². The van der Waals surface area contributed by atoms with Crippen molar-refractivity contribution in [2.24, 2.45) is 0 Å². The topological polar surface area (TPSA) is 132 Å². The Bertz CT molecular complexity index is 2610. The van der Waals surface area contributed by atoms with Gasteiger partial charge in [0.2, 0.25) is 15.0 Å². The fourth-order valence-corrected chi connectivity index (χ4v) is 8.40. The standard InChI is InChI=1S/C45H48F3N7O6S.2FH/c1-8-10-31-21-32(54(24-29-11-15-33(59-5)16-12-29)25-30-13-17-34(60-6)18-14-30)22-35(40(31)45(46,47)48)39-23-37-36(27-61-39)42(50-44(49-37)62(7,57)58)53-19-9-20-55-38(26-53)28(2)41(51-55)43(56)52(3)4;;/h11-18,21-22,39H,9,19-20,23-27H2,1-7H3;2*1H. The van der Waals surface area contributed by atoms with Gasteiger partial charge < -0.3 is 28.9 Å². The normalized spacial score (nSPS) is 14.7. The summed E-state index contributed by atoms with van der Waals surface area (Å²) < 4.78 is 91.3. The number of alkyl halides is 3. The van der Waals surface area contributed by atoms with E-state index in [1.54, 1.807) is 33.0 Å². The highest BCUT2D eigenvalue weighted by molar-refractivity contribution is 7.90. The van der Waals surface area contributed by atoms with E-state index in [2.05, 4.69) is 26.9 Å². The lowest BCUT2D eigenvalue weighted by atomic mass is 9.91. The van der Waals surface area contributed by atoms with Gasteiger partial charge >= 0.3 is 6.18 Å². The maximum Gasteiger partial charge on any atom is 0.417 e. The van der Waals surface area contributed by atoms with Gasteiger partial charge in [-0.05, 0) is 73.4 Å². The molecule has 7 rings (SSSR count). The molecule has 0 N–H and O–H groups in total. The van der Waals surface area contributed by atoms with Gasteiger partial charge in [-0.25, -0.2) is 18.4 Å². The lowest BCUT2D eigenvalue weighted by molar-refractivity contribution is -0.140. The number of halogens is 5. The second-order valence-electron chi connectivity index (χ2n) is 15.5. The van der Waals surface area contributed by atoms with Crippen LogP contribution in [0, 0.1) is 18.8 Å². The van der Waals surface area contributed by atoms with Gasteiger partial charge in [-0.1, -0.05) is 30.2 Å². The van der Waals surface area contributed by atoms with Crippen molar-refractivity contribution in [2.45, 2.75) is 76.9 Å². The molecule has 2 aliphatic rings. The molecule has 5 aromatic rings. The van der Waals surface area contributed by atoms with Gasteiger partial charge in [-0.15, -0.1) is 5.92 Å². The lowest BCUT2D eigenvalue weighted by Crippen LogP contribution is -2.30. The first-order valence-electron chi connectivity index (χ1n) is 19.9. The van der Waals surface area contributed by atoms with Crippen LogP contribution in [-0.4, -0.2) is 80.1 Å². The fourth-order valence-electron chi connectivity index (χ4n) is 7.87. The third kappa shape index (κ3) is 10.2. The smallest absolute Gasteiger partial charge is 0.417 e. The van der Waals surface area contributed by atoms with E-state index in [0.717, 1.165) is 23.1 Å². The van der Waals surface area contributed by atoms with Crippen LogP contribution in [-0.2, 0) is 60.0 Å². The van der Waals surface area contributed by atoms with Gasteiger partial charge in [0.05, 0.1) is 50.4 Å². The van der Waals surface area contributed by atoms with Gasteiger partial charge in [0.25, 0.3) is 5.91 Å². The summed E-state index contributed by atoms with van der Waals surface area (Å²) in [5, 5.41) is 4.16. The Balaban J connectivity index is 0.00000385. The molecule has 0 radical (unpaired) electrons. The minimum atomic E-state index is -4.83. The Morgan fingerprint density at radius 2 is 1.56 bits per heavy atom. The Morgan fingerprint density at radius 3 is 2.09 bits per heavy atom. The Kier molecular flexibility index (Phi) is 15.0. The predicted molar refractivity (Wildman–Crippen MR) is 232 cm³/mol. The Labute approximate surface area is 368 Å². The molecule has 0 saturated carbocycles. The highest BCUT2D eigenvalue weighted by atomic mass is 32.2. The molecule has 1 atom stereocenters. The summed E-state index contributed by atoms with van der Waals surface area (Å²) in [6.45, 7) is 4.95. The van der Waals surface area contributed by atoms with Gasteiger partial charge in [0, 0.05) is 75.3 Å². The van der Waals surface area contributed by atoms with Crippen LogP contribution < -0.4 is 19.3 Å². The number of hydrogen-bond acceptors (Lipinski definition) is 11. The molecule has 0 fully saturated rings. The zero-order chi connectivity index (χ0) is 44.5. The van der Waals surface area contributed by atoms with Crippen molar-refractivity contribution < 1.29 is 50.0 Å². The average Bonchev–Trinajstić information content (AvgIpc) is 3.39. The molecule has 64 heavy (non-hydrogen) atoms. The van der Waals surface area contributed by atoms with Gasteiger partial charge in [0.1, 0.15) is 17.3 Å². The van der Waals surface area contributed by atoms with Gasteiger partial charge in [0.15, 0.2) is 5.69 Å². The number of fused-ring (bicyclic) bond motifs is 2. The van der Waals surface area contributed by atoms with Gasteiger partial charge in [-0.2, -0.15) is 18.3 Å². The number of ether oxygens (including phenoxy) is 3.